The highest BCUT2D eigenvalue weighted by molar-refractivity contribution is 5.74. The van der Waals surface area contributed by atoms with Crippen molar-refractivity contribution in [2.45, 2.75) is 58.4 Å². The zero-order valence-electron chi connectivity index (χ0n) is 13.2. The van der Waals surface area contributed by atoms with Gasteiger partial charge in [-0.05, 0) is 64.2 Å². The number of urea groups is 1. The molecule has 0 atom stereocenters. The SMILES string of the molecule is CC(C)N(CC1CC1)C(=O)NCC1CCC(C(=O)O)CC1. The Bertz CT molecular complexity index is 372. The second-order valence-corrected chi connectivity index (χ2v) is 6.93. The number of amides is 2. The van der Waals surface area contributed by atoms with Crippen LogP contribution in [0, 0.1) is 17.8 Å². The number of carboxylic acids is 1. The van der Waals surface area contributed by atoms with Gasteiger partial charge in [-0.15, -0.1) is 0 Å². The van der Waals surface area contributed by atoms with E-state index in [1.807, 2.05) is 4.90 Å². The van der Waals surface area contributed by atoms with E-state index in [1.54, 1.807) is 0 Å². The molecule has 0 aliphatic heterocycles. The van der Waals surface area contributed by atoms with E-state index in [-0.39, 0.29) is 18.0 Å². The first-order valence-corrected chi connectivity index (χ1v) is 8.24. The van der Waals surface area contributed by atoms with Gasteiger partial charge >= 0.3 is 12.0 Å². The van der Waals surface area contributed by atoms with Gasteiger partial charge in [0, 0.05) is 19.1 Å². The van der Waals surface area contributed by atoms with Gasteiger partial charge in [0.25, 0.3) is 0 Å². The third-order valence-electron chi connectivity index (χ3n) is 4.77. The topological polar surface area (TPSA) is 69.6 Å². The van der Waals surface area contributed by atoms with Crippen molar-refractivity contribution in [1.29, 1.82) is 0 Å². The maximum Gasteiger partial charge on any atom is 0.317 e. The summed E-state index contributed by atoms with van der Waals surface area (Å²) in [6.07, 6.45) is 5.78. The fourth-order valence-electron chi connectivity index (χ4n) is 3.05. The quantitative estimate of drug-likeness (QED) is 0.791. The van der Waals surface area contributed by atoms with E-state index < -0.39 is 5.97 Å². The number of rotatable bonds is 6. The summed E-state index contributed by atoms with van der Waals surface area (Å²) in [6, 6.07) is 0.269. The average molecular weight is 296 g/mol. The molecule has 0 bridgehead atoms. The van der Waals surface area contributed by atoms with Crippen LogP contribution in [0.3, 0.4) is 0 Å². The molecule has 5 nitrogen and oxygen atoms in total. The summed E-state index contributed by atoms with van der Waals surface area (Å²) in [5.41, 5.74) is 0. The Morgan fingerprint density at radius 2 is 1.67 bits per heavy atom. The molecule has 21 heavy (non-hydrogen) atoms. The molecular formula is C16H28N2O3. The van der Waals surface area contributed by atoms with Crippen LogP contribution in [0.25, 0.3) is 0 Å². The van der Waals surface area contributed by atoms with Crippen LogP contribution in [0.1, 0.15) is 52.4 Å². The van der Waals surface area contributed by atoms with Crippen molar-refractivity contribution >= 4 is 12.0 Å². The Labute approximate surface area is 127 Å². The van der Waals surface area contributed by atoms with Crippen molar-refractivity contribution in [2.75, 3.05) is 13.1 Å². The van der Waals surface area contributed by atoms with E-state index in [2.05, 4.69) is 19.2 Å². The fraction of sp³-hybridized carbons (Fsp3) is 0.875. The van der Waals surface area contributed by atoms with Crippen LogP contribution in [0.2, 0.25) is 0 Å². The van der Waals surface area contributed by atoms with Gasteiger partial charge in [-0.2, -0.15) is 0 Å². The third kappa shape index (κ3) is 4.90. The maximum atomic E-state index is 12.3. The van der Waals surface area contributed by atoms with Crippen molar-refractivity contribution in [3.05, 3.63) is 0 Å². The van der Waals surface area contributed by atoms with E-state index in [4.69, 9.17) is 5.11 Å². The molecule has 2 aliphatic rings. The van der Waals surface area contributed by atoms with Gasteiger partial charge in [0.1, 0.15) is 0 Å². The summed E-state index contributed by atoms with van der Waals surface area (Å²) < 4.78 is 0. The van der Waals surface area contributed by atoms with Gasteiger partial charge in [-0.3, -0.25) is 4.79 Å². The molecule has 2 amide bonds. The molecule has 0 radical (unpaired) electrons. The number of aliphatic carboxylic acids is 1. The van der Waals surface area contributed by atoms with Crippen LogP contribution >= 0.6 is 0 Å². The molecule has 2 aliphatic carbocycles. The van der Waals surface area contributed by atoms with E-state index in [0.29, 0.717) is 18.4 Å². The predicted octanol–water partition coefficient (Wildman–Crippen LogP) is 2.71. The predicted molar refractivity (Wildman–Crippen MR) is 81.0 cm³/mol. The standard InChI is InChI=1S/C16H28N2O3/c1-11(2)18(10-13-3-4-13)16(21)17-9-12-5-7-14(8-6-12)15(19)20/h11-14H,3-10H2,1-2H3,(H,17,21)(H,19,20). The van der Waals surface area contributed by atoms with Gasteiger partial charge in [0.2, 0.25) is 0 Å². The highest BCUT2D eigenvalue weighted by atomic mass is 16.4. The number of carbonyl (C=O) groups excluding carboxylic acids is 1. The molecular weight excluding hydrogens is 268 g/mol. The molecule has 2 rings (SSSR count). The number of carbonyl (C=O) groups is 2. The molecule has 0 heterocycles. The Balaban J connectivity index is 1.71. The molecule has 0 unspecified atom stereocenters. The van der Waals surface area contributed by atoms with Crippen molar-refractivity contribution < 1.29 is 14.7 Å². The number of nitrogens with zero attached hydrogens (tertiary/aromatic N) is 1. The lowest BCUT2D eigenvalue weighted by Crippen LogP contribution is -2.46. The van der Waals surface area contributed by atoms with Gasteiger partial charge in [0.15, 0.2) is 0 Å². The molecule has 0 aromatic heterocycles. The number of hydrogen-bond donors (Lipinski definition) is 2. The van der Waals surface area contributed by atoms with Gasteiger partial charge < -0.3 is 15.3 Å². The van der Waals surface area contributed by atoms with Crippen LogP contribution in [0.4, 0.5) is 4.79 Å². The zero-order valence-corrected chi connectivity index (χ0v) is 13.2. The average Bonchev–Trinajstić information content (AvgIpc) is 3.26. The summed E-state index contributed by atoms with van der Waals surface area (Å²) in [4.78, 5) is 25.1. The molecule has 2 fully saturated rings. The minimum Gasteiger partial charge on any atom is -0.481 e. The van der Waals surface area contributed by atoms with E-state index in [1.165, 1.54) is 12.8 Å². The van der Waals surface area contributed by atoms with Crippen LogP contribution in [0.15, 0.2) is 0 Å². The minimum absolute atomic E-state index is 0.0391. The first-order chi connectivity index (χ1) is 9.97. The maximum absolute atomic E-state index is 12.3. The largest absolute Gasteiger partial charge is 0.481 e. The normalized spacial score (nSPS) is 25.7. The number of nitrogens with one attached hydrogen (secondary N) is 1. The molecule has 0 aromatic rings. The summed E-state index contributed by atoms with van der Waals surface area (Å²) in [5.74, 6) is 0.274. The van der Waals surface area contributed by atoms with Crippen LogP contribution in [0.5, 0.6) is 0 Å². The minimum atomic E-state index is -0.673. The molecule has 0 saturated heterocycles. The van der Waals surface area contributed by atoms with E-state index >= 15 is 0 Å². The zero-order chi connectivity index (χ0) is 15.4. The van der Waals surface area contributed by atoms with Gasteiger partial charge in [-0.25, -0.2) is 4.79 Å². The van der Waals surface area contributed by atoms with Gasteiger partial charge in [-0.1, -0.05) is 0 Å². The lowest BCUT2D eigenvalue weighted by Gasteiger charge is -2.30. The number of hydrogen-bond acceptors (Lipinski definition) is 2. The molecule has 2 saturated carbocycles. The van der Waals surface area contributed by atoms with Gasteiger partial charge in [0.05, 0.1) is 5.92 Å². The van der Waals surface area contributed by atoms with E-state index in [9.17, 15) is 9.59 Å². The number of carboxylic acid groups (broad SMARTS) is 1. The van der Waals surface area contributed by atoms with Crippen molar-refractivity contribution in [1.82, 2.24) is 10.2 Å². The summed E-state index contributed by atoms with van der Waals surface area (Å²) in [6.45, 7) is 5.66. The molecule has 0 spiro atoms. The van der Waals surface area contributed by atoms with Crippen LogP contribution in [-0.4, -0.2) is 41.1 Å². The first-order valence-electron chi connectivity index (χ1n) is 8.24. The second-order valence-electron chi connectivity index (χ2n) is 6.93. The lowest BCUT2D eigenvalue weighted by molar-refractivity contribution is -0.143. The second kappa shape index (κ2) is 7.14. The Kier molecular flexibility index (Phi) is 5.48. The lowest BCUT2D eigenvalue weighted by atomic mass is 9.82. The highest BCUT2D eigenvalue weighted by Gasteiger charge is 2.29. The first kappa shape index (κ1) is 16.1. The molecule has 2 N–H and O–H groups in total. The summed E-state index contributed by atoms with van der Waals surface area (Å²) in [5, 5.41) is 12.0. The van der Waals surface area contributed by atoms with Crippen LogP contribution < -0.4 is 5.32 Å². The summed E-state index contributed by atoms with van der Waals surface area (Å²) >= 11 is 0. The van der Waals surface area contributed by atoms with Crippen molar-refractivity contribution in [3.8, 4) is 0 Å². The third-order valence-corrected chi connectivity index (χ3v) is 4.77. The molecule has 5 heteroatoms. The smallest absolute Gasteiger partial charge is 0.317 e. The fourth-order valence-corrected chi connectivity index (χ4v) is 3.05. The monoisotopic (exact) mass is 296 g/mol. The highest BCUT2D eigenvalue weighted by Crippen LogP contribution is 2.31. The van der Waals surface area contributed by atoms with Crippen molar-refractivity contribution in [3.63, 3.8) is 0 Å². The Morgan fingerprint density at radius 3 is 2.14 bits per heavy atom. The van der Waals surface area contributed by atoms with Crippen LogP contribution in [-0.2, 0) is 4.79 Å². The summed E-state index contributed by atoms with van der Waals surface area (Å²) in [7, 11) is 0. The van der Waals surface area contributed by atoms with Crippen molar-refractivity contribution in [2.24, 2.45) is 17.8 Å². The molecule has 0 aromatic carbocycles. The Hall–Kier alpha value is -1.26. The van der Waals surface area contributed by atoms with E-state index in [0.717, 1.165) is 32.2 Å². The Morgan fingerprint density at radius 1 is 1.10 bits per heavy atom. The molecule has 120 valence electrons.